The standard InChI is InChI=1S/C22H24N2O5S/c1-29-17-10-8-15(9-11-17)14-19(24-20(25)16-6-4-3-5-7-16)21(26)23-18(22(27)28)12-13-30-2/h3-11,14,18H,12-13H2,1-2H3,(H,23,26)(H,24,25)(H,27,28)/t18-/m1/s1. The highest BCUT2D eigenvalue weighted by Crippen LogP contribution is 2.14. The van der Waals surface area contributed by atoms with Crippen LogP contribution >= 0.6 is 11.8 Å². The number of benzene rings is 2. The molecule has 0 aliphatic heterocycles. The number of methoxy groups -OCH3 is 1. The van der Waals surface area contributed by atoms with Crippen LogP contribution in [0.2, 0.25) is 0 Å². The molecule has 0 spiro atoms. The van der Waals surface area contributed by atoms with E-state index in [2.05, 4.69) is 10.6 Å². The maximum absolute atomic E-state index is 12.8. The van der Waals surface area contributed by atoms with E-state index in [1.165, 1.54) is 17.8 Å². The molecule has 2 aromatic carbocycles. The number of hydrogen-bond donors (Lipinski definition) is 3. The first-order valence-corrected chi connectivity index (χ1v) is 10.6. The number of amides is 2. The number of ether oxygens (including phenoxy) is 1. The van der Waals surface area contributed by atoms with Gasteiger partial charge in [0.1, 0.15) is 17.5 Å². The van der Waals surface area contributed by atoms with Crippen molar-refractivity contribution in [1.82, 2.24) is 10.6 Å². The zero-order valence-electron chi connectivity index (χ0n) is 16.8. The van der Waals surface area contributed by atoms with Crippen molar-refractivity contribution in [3.05, 3.63) is 71.4 Å². The number of rotatable bonds is 10. The van der Waals surface area contributed by atoms with Crippen LogP contribution in [0, 0.1) is 0 Å². The maximum atomic E-state index is 12.8. The molecule has 0 aliphatic rings. The van der Waals surface area contributed by atoms with Crippen LogP contribution < -0.4 is 15.4 Å². The van der Waals surface area contributed by atoms with Crippen molar-refractivity contribution in [2.75, 3.05) is 19.1 Å². The second-order valence-corrected chi connectivity index (χ2v) is 7.28. The number of nitrogens with one attached hydrogen (secondary N) is 2. The van der Waals surface area contributed by atoms with Crippen LogP contribution in [0.1, 0.15) is 22.3 Å². The number of carboxylic acid groups (broad SMARTS) is 1. The molecule has 1 atom stereocenters. The van der Waals surface area contributed by atoms with Gasteiger partial charge in [-0.2, -0.15) is 11.8 Å². The molecule has 0 heterocycles. The summed E-state index contributed by atoms with van der Waals surface area (Å²) in [5.41, 5.74) is 0.970. The Morgan fingerprint density at radius 2 is 1.77 bits per heavy atom. The number of carboxylic acids is 1. The smallest absolute Gasteiger partial charge is 0.326 e. The number of carbonyl (C=O) groups is 3. The Morgan fingerprint density at radius 1 is 1.10 bits per heavy atom. The number of aliphatic carboxylic acids is 1. The van der Waals surface area contributed by atoms with E-state index in [-0.39, 0.29) is 12.1 Å². The minimum atomic E-state index is -1.13. The average Bonchev–Trinajstić information content (AvgIpc) is 2.76. The SMILES string of the molecule is COc1ccc(C=C(NC(=O)c2ccccc2)C(=O)N[C@H](CCSC)C(=O)O)cc1. The lowest BCUT2D eigenvalue weighted by atomic mass is 10.1. The topological polar surface area (TPSA) is 105 Å². The maximum Gasteiger partial charge on any atom is 0.326 e. The lowest BCUT2D eigenvalue weighted by molar-refractivity contribution is -0.141. The monoisotopic (exact) mass is 428 g/mol. The largest absolute Gasteiger partial charge is 0.497 e. The first kappa shape index (κ1) is 23.0. The Kier molecular flexibility index (Phi) is 8.96. The summed E-state index contributed by atoms with van der Waals surface area (Å²) in [6.07, 6.45) is 3.61. The molecule has 0 aromatic heterocycles. The summed E-state index contributed by atoms with van der Waals surface area (Å²) in [5.74, 6) is -1.05. The van der Waals surface area contributed by atoms with Crippen molar-refractivity contribution in [1.29, 1.82) is 0 Å². The van der Waals surface area contributed by atoms with E-state index < -0.39 is 23.8 Å². The van der Waals surface area contributed by atoms with Gasteiger partial charge in [0.15, 0.2) is 0 Å². The molecule has 0 saturated carbocycles. The van der Waals surface area contributed by atoms with Gasteiger partial charge < -0.3 is 20.5 Å². The van der Waals surface area contributed by atoms with E-state index in [0.29, 0.717) is 22.6 Å². The fraction of sp³-hybridized carbons (Fsp3) is 0.227. The Bertz CT molecular complexity index is 898. The van der Waals surface area contributed by atoms with Crippen molar-refractivity contribution >= 4 is 35.6 Å². The van der Waals surface area contributed by atoms with E-state index in [0.717, 1.165) is 0 Å². The van der Waals surface area contributed by atoms with Crippen molar-refractivity contribution < 1.29 is 24.2 Å². The zero-order valence-corrected chi connectivity index (χ0v) is 17.6. The fourth-order valence-corrected chi connectivity index (χ4v) is 3.01. The molecule has 7 nitrogen and oxygen atoms in total. The third-order valence-electron chi connectivity index (χ3n) is 4.17. The number of thioether (sulfide) groups is 1. The van der Waals surface area contributed by atoms with Crippen molar-refractivity contribution in [2.24, 2.45) is 0 Å². The molecule has 158 valence electrons. The summed E-state index contributed by atoms with van der Waals surface area (Å²) < 4.78 is 5.12. The number of hydrogen-bond acceptors (Lipinski definition) is 5. The normalized spacial score (nSPS) is 12.0. The van der Waals surface area contributed by atoms with Crippen LogP contribution in [0.3, 0.4) is 0 Å². The van der Waals surface area contributed by atoms with Crippen molar-refractivity contribution in [3.8, 4) is 5.75 Å². The molecule has 2 amide bonds. The summed E-state index contributed by atoms with van der Waals surface area (Å²) in [5, 5.41) is 14.5. The van der Waals surface area contributed by atoms with Crippen LogP contribution in [0.25, 0.3) is 6.08 Å². The third-order valence-corrected chi connectivity index (χ3v) is 4.81. The van der Waals surface area contributed by atoms with Crippen molar-refractivity contribution in [3.63, 3.8) is 0 Å². The molecule has 0 saturated heterocycles. The molecule has 0 unspecified atom stereocenters. The van der Waals surface area contributed by atoms with Gasteiger partial charge in [0.05, 0.1) is 7.11 Å². The van der Waals surface area contributed by atoms with Crippen LogP contribution in [-0.2, 0) is 9.59 Å². The molecule has 2 rings (SSSR count). The lowest BCUT2D eigenvalue weighted by Gasteiger charge is -2.16. The molecule has 2 aromatic rings. The minimum absolute atomic E-state index is 0.0515. The van der Waals surface area contributed by atoms with E-state index in [1.54, 1.807) is 61.7 Å². The molecule has 0 aliphatic carbocycles. The van der Waals surface area contributed by atoms with Crippen LogP contribution in [0.4, 0.5) is 0 Å². The highest BCUT2D eigenvalue weighted by atomic mass is 32.2. The Morgan fingerprint density at radius 3 is 2.33 bits per heavy atom. The van der Waals surface area contributed by atoms with Crippen LogP contribution in [0.15, 0.2) is 60.3 Å². The quantitative estimate of drug-likeness (QED) is 0.503. The van der Waals surface area contributed by atoms with Gasteiger partial charge in [0, 0.05) is 5.56 Å². The van der Waals surface area contributed by atoms with Gasteiger partial charge in [-0.15, -0.1) is 0 Å². The Hall–Kier alpha value is -3.26. The molecule has 3 N–H and O–H groups in total. The highest BCUT2D eigenvalue weighted by Gasteiger charge is 2.22. The second kappa shape index (κ2) is 11.7. The first-order valence-electron chi connectivity index (χ1n) is 9.19. The molecule has 0 bridgehead atoms. The summed E-state index contributed by atoms with van der Waals surface area (Å²) in [6, 6.07) is 14.3. The predicted octanol–water partition coefficient (Wildman–Crippen LogP) is 2.79. The van der Waals surface area contributed by atoms with Crippen LogP contribution in [-0.4, -0.2) is 48.1 Å². The summed E-state index contributed by atoms with van der Waals surface area (Å²) in [4.78, 5) is 36.9. The Balaban J connectivity index is 2.28. The van der Waals surface area contributed by atoms with E-state index >= 15 is 0 Å². The fourth-order valence-electron chi connectivity index (χ4n) is 2.54. The highest BCUT2D eigenvalue weighted by molar-refractivity contribution is 7.98. The van der Waals surface area contributed by atoms with E-state index in [1.807, 2.05) is 6.26 Å². The van der Waals surface area contributed by atoms with Crippen molar-refractivity contribution in [2.45, 2.75) is 12.5 Å². The van der Waals surface area contributed by atoms with Gasteiger partial charge in [-0.05, 0) is 54.3 Å². The summed E-state index contributed by atoms with van der Waals surface area (Å²) in [6.45, 7) is 0. The molecular formula is C22H24N2O5S. The summed E-state index contributed by atoms with van der Waals surface area (Å²) in [7, 11) is 1.55. The van der Waals surface area contributed by atoms with Gasteiger partial charge in [-0.25, -0.2) is 4.79 Å². The Labute approximate surface area is 179 Å². The average molecular weight is 429 g/mol. The van der Waals surface area contributed by atoms with Gasteiger partial charge in [-0.1, -0.05) is 30.3 Å². The second-order valence-electron chi connectivity index (χ2n) is 6.30. The van der Waals surface area contributed by atoms with Gasteiger partial charge in [0.25, 0.3) is 11.8 Å². The molecule has 0 fully saturated rings. The molecule has 30 heavy (non-hydrogen) atoms. The molecule has 8 heteroatoms. The number of carbonyl (C=O) groups excluding carboxylic acids is 2. The van der Waals surface area contributed by atoms with Gasteiger partial charge >= 0.3 is 5.97 Å². The molecule has 0 radical (unpaired) electrons. The lowest BCUT2D eigenvalue weighted by Crippen LogP contribution is -2.44. The zero-order chi connectivity index (χ0) is 21.9. The van der Waals surface area contributed by atoms with Gasteiger partial charge in [-0.3, -0.25) is 9.59 Å². The molecular weight excluding hydrogens is 404 g/mol. The van der Waals surface area contributed by atoms with E-state index in [4.69, 9.17) is 4.74 Å². The first-order chi connectivity index (χ1) is 14.4. The van der Waals surface area contributed by atoms with Crippen LogP contribution in [0.5, 0.6) is 5.75 Å². The third kappa shape index (κ3) is 6.97. The summed E-state index contributed by atoms with van der Waals surface area (Å²) >= 11 is 1.49. The van der Waals surface area contributed by atoms with E-state index in [9.17, 15) is 19.5 Å². The minimum Gasteiger partial charge on any atom is -0.497 e. The predicted molar refractivity (Wildman–Crippen MR) is 117 cm³/mol. The van der Waals surface area contributed by atoms with Gasteiger partial charge in [0.2, 0.25) is 0 Å².